The first-order chi connectivity index (χ1) is 10.8. The van der Waals surface area contributed by atoms with Gasteiger partial charge in [-0.25, -0.2) is 4.79 Å². The Hall–Kier alpha value is -2.68. The predicted molar refractivity (Wildman–Crippen MR) is 82.1 cm³/mol. The number of nitrogens with zero attached hydrogens (tertiary/aromatic N) is 1. The van der Waals surface area contributed by atoms with Crippen molar-refractivity contribution in [2.75, 3.05) is 12.9 Å². The number of ketones is 1. The Balaban J connectivity index is 3.31. The van der Waals surface area contributed by atoms with E-state index < -0.39 is 34.8 Å². The molecule has 0 fully saturated rings. The molecule has 0 heterocycles. The van der Waals surface area contributed by atoms with Gasteiger partial charge < -0.3 is 9.84 Å². The normalized spacial score (nSPS) is 11.0. The molecule has 0 aliphatic carbocycles. The lowest BCUT2D eigenvalue weighted by Gasteiger charge is -2.06. The number of carbonyl (C=O) groups is 3. The van der Waals surface area contributed by atoms with Crippen LogP contribution in [0.5, 0.6) is 0 Å². The van der Waals surface area contributed by atoms with E-state index in [4.69, 9.17) is 5.11 Å². The first-order valence-corrected chi connectivity index (χ1v) is 7.43. The van der Waals surface area contributed by atoms with Crippen LogP contribution in [0.25, 0.3) is 6.08 Å². The molecule has 1 aromatic rings. The van der Waals surface area contributed by atoms with Crippen molar-refractivity contribution in [3.63, 3.8) is 0 Å². The summed E-state index contributed by atoms with van der Waals surface area (Å²) < 4.78 is 4.48. The summed E-state index contributed by atoms with van der Waals surface area (Å²) in [5.41, 5.74) is -0.592. The largest absolute Gasteiger partial charge is 0.478 e. The van der Waals surface area contributed by atoms with Gasteiger partial charge in [0, 0.05) is 13.0 Å². The maximum atomic E-state index is 11.8. The second kappa shape index (κ2) is 8.08. The average Bonchev–Trinajstić information content (AvgIpc) is 2.49. The van der Waals surface area contributed by atoms with Crippen LogP contribution in [0.15, 0.2) is 28.7 Å². The molecule has 0 saturated carbocycles. The number of carbonyl (C=O) groups excluding carboxylic acids is 2. The van der Waals surface area contributed by atoms with E-state index in [0.717, 1.165) is 24.8 Å². The van der Waals surface area contributed by atoms with Crippen molar-refractivity contribution in [1.82, 2.24) is 0 Å². The molecule has 9 heteroatoms. The topological polar surface area (TPSA) is 124 Å². The van der Waals surface area contributed by atoms with Crippen LogP contribution in [0.4, 0.5) is 5.69 Å². The van der Waals surface area contributed by atoms with Crippen LogP contribution < -0.4 is 0 Å². The smallest absolute Gasteiger partial charge is 0.339 e. The zero-order valence-corrected chi connectivity index (χ0v) is 13.1. The lowest BCUT2D eigenvalue weighted by atomic mass is 10.1. The molecular formula is C14H13NO7S. The molecule has 8 nitrogen and oxygen atoms in total. The molecule has 0 amide bonds. The van der Waals surface area contributed by atoms with E-state index >= 15 is 0 Å². The molecule has 0 aromatic heterocycles. The van der Waals surface area contributed by atoms with E-state index in [1.54, 1.807) is 6.26 Å². The number of Topliss-reactive ketones (excluding diaryl/α,β-unsaturated/α-hetero) is 1. The fraction of sp³-hybridized carbons (Fsp3) is 0.214. The Morgan fingerprint density at radius 1 is 1.39 bits per heavy atom. The molecule has 0 saturated heterocycles. The van der Waals surface area contributed by atoms with Crippen LogP contribution >= 0.6 is 11.8 Å². The minimum absolute atomic E-state index is 0.191. The van der Waals surface area contributed by atoms with Crippen molar-refractivity contribution < 1.29 is 29.2 Å². The van der Waals surface area contributed by atoms with Crippen LogP contribution in [0.1, 0.15) is 12.5 Å². The number of aliphatic carboxylic acids is 1. The Bertz CT molecular complexity index is 696. The number of hydrogen-bond acceptors (Lipinski definition) is 7. The molecule has 122 valence electrons. The van der Waals surface area contributed by atoms with Gasteiger partial charge in [-0.1, -0.05) is 12.1 Å². The number of carboxylic acid groups (broad SMARTS) is 1. The number of ether oxygens (including phenoxy) is 1. The fourth-order valence-corrected chi connectivity index (χ4v) is 2.40. The zero-order chi connectivity index (χ0) is 17.6. The van der Waals surface area contributed by atoms with Gasteiger partial charge >= 0.3 is 11.9 Å². The summed E-state index contributed by atoms with van der Waals surface area (Å²) in [6.45, 7) is 0.376. The van der Waals surface area contributed by atoms with Crippen LogP contribution in [-0.4, -0.2) is 40.6 Å². The summed E-state index contributed by atoms with van der Waals surface area (Å²) >= 11 is 1.06. The summed E-state index contributed by atoms with van der Waals surface area (Å²) in [5.74, 6) is -3.14. The second-order valence-electron chi connectivity index (χ2n) is 4.22. The first kappa shape index (κ1) is 18.4. The van der Waals surface area contributed by atoms with Crippen LogP contribution in [0.2, 0.25) is 0 Å². The Morgan fingerprint density at radius 3 is 2.52 bits per heavy atom. The predicted octanol–water partition coefficient (Wildman–Crippen LogP) is 1.92. The Labute approximate surface area is 135 Å². The van der Waals surface area contributed by atoms with Gasteiger partial charge in [0.25, 0.3) is 5.69 Å². The number of rotatable bonds is 7. The minimum Gasteiger partial charge on any atom is -0.478 e. The van der Waals surface area contributed by atoms with Gasteiger partial charge in [0.15, 0.2) is 6.61 Å². The summed E-state index contributed by atoms with van der Waals surface area (Å²) in [7, 11) is 0. The third kappa shape index (κ3) is 4.92. The maximum absolute atomic E-state index is 11.8. The summed E-state index contributed by atoms with van der Waals surface area (Å²) in [4.78, 5) is 44.4. The molecule has 1 N–H and O–H groups in total. The van der Waals surface area contributed by atoms with Gasteiger partial charge in [0.2, 0.25) is 5.78 Å². The van der Waals surface area contributed by atoms with E-state index in [1.165, 1.54) is 18.2 Å². The highest BCUT2D eigenvalue weighted by Crippen LogP contribution is 2.32. The standard InChI is InChI=1S/C14H13NO7S/c1-8(16)22-7-12(17)10(14(18)19)6-9-4-3-5-11(15(20)21)13(9)23-2/h3-6H,7H2,1-2H3,(H,18,19)/b10-6-. The monoisotopic (exact) mass is 339 g/mol. The van der Waals surface area contributed by atoms with Gasteiger partial charge in [-0.3, -0.25) is 19.7 Å². The number of nitro benzene ring substituents is 1. The number of esters is 1. The molecule has 0 aliphatic heterocycles. The molecule has 0 atom stereocenters. The zero-order valence-electron chi connectivity index (χ0n) is 12.3. The van der Waals surface area contributed by atoms with Crippen LogP contribution in [0, 0.1) is 10.1 Å². The molecular weight excluding hydrogens is 326 g/mol. The number of thioether (sulfide) groups is 1. The lowest BCUT2D eigenvalue weighted by Crippen LogP contribution is -2.19. The van der Waals surface area contributed by atoms with E-state index in [9.17, 15) is 24.5 Å². The number of carboxylic acids is 1. The highest BCUT2D eigenvalue weighted by molar-refractivity contribution is 7.98. The average molecular weight is 339 g/mol. The summed E-state index contributed by atoms with van der Waals surface area (Å²) in [6.07, 6.45) is 2.63. The van der Waals surface area contributed by atoms with Crippen LogP contribution in [-0.2, 0) is 19.1 Å². The maximum Gasteiger partial charge on any atom is 0.339 e. The van der Waals surface area contributed by atoms with E-state index in [-0.39, 0.29) is 16.1 Å². The van der Waals surface area contributed by atoms with Crippen molar-refractivity contribution in [3.05, 3.63) is 39.4 Å². The summed E-state index contributed by atoms with van der Waals surface area (Å²) in [6, 6.07) is 4.13. The molecule has 1 rings (SSSR count). The molecule has 0 spiro atoms. The molecule has 23 heavy (non-hydrogen) atoms. The molecule has 0 unspecified atom stereocenters. The first-order valence-electron chi connectivity index (χ1n) is 6.20. The molecule has 0 radical (unpaired) electrons. The summed E-state index contributed by atoms with van der Waals surface area (Å²) in [5, 5.41) is 20.1. The van der Waals surface area contributed by atoms with E-state index in [2.05, 4.69) is 4.74 Å². The van der Waals surface area contributed by atoms with E-state index in [1.807, 2.05) is 0 Å². The van der Waals surface area contributed by atoms with Gasteiger partial charge in [-0.15, -0.1) is 11.8 Å². The quantitative estimate of drug-likeness (QED) is 0.152. The van der Waals surface area contributed by atoms with Gasteiger partial charge in [-0.2, -0.15) is 0 Å². The fourth-order valence-electron chi connectivity index (χ4n) is 1.68. The number of nitro groups is 1. The molecule has 1 aromatic carbocycles. The van der Waals surface area contributed by atoms with Gasteiger partial charge in [0.05, 0.1) is 9.82 Å². The van der Waals surface area contributed by atoms with Crippen molar-refractivity contribution in [3.8, 4) is 0 Å². The highest BCUT2D eigenvalue weighted by Gasteiger charge is 2.21. The van der Waals surface area contributed by atoms with Crippen LogP contribution in [0.3, 0.4) is 0 Å². The SMILES string of the molecule is CSc1c(/C=C(\C(=O)O)C(=O)COC(C)=O)cccc1[N+](=O)[O-]. The lowest BCUT2D eigenvalue weighted by molar-refractivity contribution is -0.387. The number of benzene rings is 1. The second-order valence-corrected chi connectivity index (χ2v) is 5.04. The van der Waals surface area contributed by atoms with Gasteiger partial charge in [0.1, 0.15) is 5.57 Å². The molecule has 0 bridgehead atoms. The Kier molecular flexibility index (Phi) is 6.46. The number of hydrogen-bond donors (Lipinski definition) is 1. The highest BCUT2D eigenvalue weighted by atomic mass is 32.2. The van der Waals surface area contributed by atoms with Gasteiger partial charge in [-0.05, 0) is 17.9 Å². The third-order valence-electron chi connectivity index (χ3n) is 2.66. The van der Waals surface area contributed by atoms with Crippen molar-refractivity contribution in [2.24, 2.45) is 0 Å². The Morgan fingerprint density at radius 2 is 2.04 bits per heavy atom. The van der Waals surface area contributed by atoms with E-state index in [0.29, 0.717) is 0 Å². The van der Waals surface area contributed by atoms with Crippen molar-refractivity contribution in [2.45, 2.75) is 11.8 Å². The van der Waals surface area contributed by atoms with Crippen molar-refractivity contribution in [1.29, 1.82) is 0 Å². The molecule has 0 aliphatic rings. The third-order valence-corrected chi connectivity index (χ3v) is 3.52. The minimum atomic E-state index is -1.51. The van der Waals surface area contributed by atoms with Crippen molar-refractivity contribution >= 4 is 41.2 Å².